The second-order valence-corrected chi connectivity index (χ2v) is 7.30. The average molecular weight is 355 g/mol. The van der Waals surface area contributed by atoms with Crippen molar-refractivity contribution in [2.24, 2.45) is 11.8 Å². The number of nitrogens with one attached hydrogen (secondary N) is 2. The summed E-state index contributed by atoms with van der Waals surface area (Å²) < 4.78 is 0. The molecule has 0 radical (unpaired) electrons. The van der Waals surface area contributed by atoms with Crippen molar-refractivity contribution in [3.63, 3.8) is 0 Å². The Kier molecular flexibility index (Phi) is 7.88. The van der Waals surface area contributed by atoms with Crippen LogP contribution < -0.4 is 10.6 Å². The predicted octanol–water partition coefficient (Wildman–Crippen LogP) is -0.709. The Labute approximate surface area is 149 Å². The molecule has 0 aliphatic carbocycles. The molecule has 0 spiro atoms. The number of amides is 3. The van der Waals surface area contributed by atoms with Gasteiger partial charge in [-0.15, -0.1) is 0 Å². The normalized spacial score (nSPS) is 19.7. The summed E-state index contributed by atoms with van der Waals surface area (Å²) >= 11 is 0. The molecule has 0 bridgehead atoms. The van der Waals surface area contributed by atoms with Crippen LogP contribution in [0.3, 0.4) is 0 Å². The first-order valence-electron chi connectivity index (χ1n) is 8.80. The van der Waals surface area contributed by atoms with Gasteiger partial charge < -0.3 is 25.6 Å². The summed E-state index contributed by atoms with van der Waals surface area (Å²) in [5, 5.41) is 24.1. The predicted molar refractivity (Wildman–Crippen MR) is 94.1 cm³/mol. The molecule has 0 aromatic rings. The van der Waals surface area contributed by atoms with Crippen molar-refractivity contribution in [3.8, 4) is 0 Å². The topological polar surface area (TPSA) is 119 Å². The third-order valence-corrected chi connectivity index (χ3v) is 4.48. The molecule has 8 nitrogen and oxygen atoms in total. The molecular weight excluding hydrogens is 325 g/mol. The molecule has 1 aliphatic rings. The Morgan fingerprint density at radius 3 is 2.12 bits per heavy atom. The van der Waals surface area contributed by atoms with Crippen molar-refractivity contribution in [1.29, 1.82) is 0 Å². The van der Waals surface area contributed by atoms with E-state index in [9.17, 15) is 24.4 Å². The maximum atomic E-state index is 12.8. The van der Waals surface area contributed by atoms with Crippen molar-refractivity contribution in [1.82, 2.24) is 15.5 Å². The van der Waals surface area contributed by atoms with E-state index in [2.05, 4.69) is 10.6 Å². The van der Waals surface area contributed by atoms with E-state index in [-0.39, 0.29) is 23.7 Å². The lowest BCUT2D eigenvalue weighted by atomic mass is 9.73. The summed E-state index contributed by atoms with van der Waals surface area (Å²) in [5.41, 5.74) is 0. The lowest BCUT2D eigenvalue weighted by Gasteiger charge is -2.31. The quantitative estimate of drug-likeness (QED) is 0.450. The number of carbonyl (C=O) groups excluding carboxylic acids is 3. The highest BCUT2D eigenvalue weighted by Crippen LogP contribution is 2.21. The van der Waals surface area contributed by atoms with E-state index in [1.807, 2.05) is 13.8 Å². The lowest BCUT2D eigenvalue weighted by Crippen LogP contribution is -2.58. The Bertz CT molecular complexity index is 490. The van der Waals surface area contributed by atoms with Crippen LogP contribution in [0.5, 0.6) is 0 Å². The maximum Gasteiger partial charge on any atom is 0.475 e. The van der Waals surface area contributed by atoms with Crippen LogP contribution in [0.2, 0.25) is 0 Å². The van der Waals surface area contributed by atoms with Crippen molar-refractivity contribution < 1.29 is 24.4 Å². The van der Waals surface area contributed by atoms with Gasteiger partial charge in [0.25, 0.3) is 0 Å². The van der Waals surface area contributed by atoms with E-state index in [1.54, 1.807) is 13.8 Å². The van der Waals surface area contributed by atoms with Gasteiger partial charge in [0, 0.05) is 13.5 Å². The fourth-order valence-electron chi connectivity index (χ4n) is 3.06. The SMILES string of the molecule is CC(=O)N[C@H](C(=O)N1CCC[C@H]1C(=O)N[C@H](B(O)O)C(C)C)C(C)C. The van der Waals surface area contributed by atoms with Crippen LogP contribution in [0.25, 0.3) is 0 Å². The highest BCUT2D eigenvalue weighted by atomic mass is 16.4. The van der Waals surface area contributed by atoms with E-state index in [0.29, 0.717) is 19.4 Å². The molecular formula is C16H30BN3O5. The van der Waals surface area contributed by atoms with Crippen LogP contribution in [-0.2, 0) is 14.4 Å². The molecule has 142 valence electrons. The highest BCUT2D eigenvalue weighted by Gasteiger charge is 2.40. The third-order valence-electron chi connectivity index (χ3n) is 4.48. The van der Waals surface area contributed by atoms with Gasteiger partial charge in [-0.25, -0.2) is 0 Å². The van der Waals surface area contributed by atoms with Crippen LogP contribution in [0.4, 0.5) is 0 Å². The minimum Gasteiger partial charge on any atom is -0.426 e. The van der Waals surface area contributed by atoms with Crippen molar-refractivity contribution in [3.05, 3.63) is 0 Å². The molecule has 0 saturated carbocycles. The maximum absolute atomic E-state index is 12.8. The van der Waals surface area contributed by atoms with Gasteiger partial charge >= 0.3 is 7.12 Å². The van der Waals surface area contributed by atoms with Gasteiger partial charge in [-0.1, -0.05) is 27.7 Å². The summed E-state index contributed by atoms with van der Waals surface area (Å²) in [5.74, 6) is -2.06. The third kappa shape index (κ3) is 5.71. The minimum atomic E-state index is -1.67. The molecule has 25 heavy (non-hydrogen) atoms. The molecule has 4 N–H and O–H groups in total. The van der Waals surface area contributed by atoms with Gasteiger partial charge in [0.05, 0.1) is 5.94 Å². The highest BCUT2D eigenvalue weighted by molar-refractivity contribution is 6.43. The monoisotopic (exact) mass is 355 g/mol. The zero-order chi connectivity index (χ0) is 19.3. The Morgan fingerprint density at radius 2 is 1.68 bits per heavy atom. The molecule has 3 atom stereocenters. The van der Waals surface area contributed by atoms with Gasteiger partial charge in [-0.2, -0.15) is 0 Å². The van der Waals surface area contributed by atoms with Gasteiger partial charge in [0.1, 0.15) is 12.1 Å². The zero-order valence-electron chi connectivity index (χ0n) is 15.7. The van der Waals surface area contributed by atoms with Gasteiger partial charge in [0.15, 0.2) is 0 Å². The van der Waals surface area contributed by atoms with Crippen LogP contribution in [-0.4, -0.2) is 64.4 Å². The summed E-state index contributed by atoms with van der Waals surface area (Å²) in [6, 6.07) is -1.35. The first-order valence-corrected chi connectivity index (χ1v) is 8.80. The van der Waals surface area contributed by atoms with E-state index in [0.717, 1.165) is 0 Å². The largest absolute Gasteiger partial charge is 0.475 e. The fraction of sp³-hybridized carbons (Fsp3) is 0.812. The van der Waals surface area contributed by atoms with E-state index >= 15 is 0 Å². The van der Waals surface area contributed by atoms with E-state index in [4.69, 9.17) is 0 Å². The molecule has 1 heterocycles. The molecule has 3 amide bonds. The number of likely N-dealkylation sites (tertiary alicyclic amines) is 1. The van der Waals surface area contributed by atoms with Gasteiger partial charge in [-0.3, -0.25) is 14.4 Å². The molecule has 0 aromatic carbocycles. The Morgan fingerprint density at radius 1 is 1.08 bits per heavy atom. The number of hydrogen-bond donors (Lipinski definition) is 4. The van der Waals surface area contributed by atoms with Crippen LogP contribution in [0.15, 0.2) is 0 Å². The van der Waals surface area contributed by atoms with Crippen molar-refractivity contribution in [2.75, 3.05) is 6.54 Å². The average Bonchev–Trinajstić information content (AvgIpc) is 2.97. The smallest absolute Gasteiger partial charge is 0.426 e. The number of rotatable bonds is 7. The zero-order valence-corrected chi connectivity index (χ0v) is 15.7. The first-order chi connectivity index (χ1) is 11.6. The van der Waals surface area contributed by atoms with Crippen molar-refractivity contribution in [2.45, 2.75) is 65.5 Å². The van der Waals surface area contributed by atoms with Crippen LogP contribution in [0.1, 0.15) is 47.5 Å². The summed E-state index contributed by atoms with van der Waals surface area (Å²) in [4.78, 5) is 38.3. The molecule has 1 aliphatic heterocycles. The van der Waals surface area contributed by atoms with E-state index in [1.165, 1.54) is 11.8 Å². The Balaban J connectivity index is 2.88. The lowest BCUT2D eigenvalue weighted by molar-refractivity contribution is -0.142. The molecule has 9 heteroatoms. The summed E-state index contributed by atoms with van der Waals surface area (Å²) in [7, 11) is -1.67. The van der Waals surface area contributed by atoms with Crippen molar-refractivity contribution >= 4 is 24.8 Å². The molecule has 1 fully saturated rings. The first kappa shape index (κ1) is 21.4. The standard InChI is InChI=1S/C16H30BN3O5/c1-9(2)13(18-11(5)21)16(23)20-8-6-7-12(20)15(22)19-14(10(3)4)17(24)25/h9-10,12-14,24-25H,6-8H2,1-5H3,(H,18,21)(H,19,22)/t12-,13-,14-/m0/s1. The number of nitrogens with zero attached hydrogens (tertiary/aromatic N) is 1. The van der Waals surface area contributed by atoms with Gasteiger partial charge in [-0.05, 0) is 24.7 Å². The van der Waals surface area contributed by atoms with Crippen LogP contribution >= 0.6 is 0 Å². The number of hydrogen-bond acceptors (Lipinski definition) is 5. The molecule has 0 unspecified atom stereocenters. The molecule has 1 rings (SSSR count). The number of carbonyl (C=O) groups is 3. The fourth-order valence-corrected chi connectivity index (χ4v) is 3.06. The summed E-state index contributed by atoms with van der Waals surface area (Å²) in [6.45, 7) is 9.00. The second kappa shape index (κ2) is 9.19. The summed E-state index contributed by atoms with van der Waals surface area (Å²) in [6.07, 6.45) is 1.19. The van der Waals surface area contributed by atoms with Crippen LogP contribution in [0, 0.1) is 11.8 Å². The molecule has 0 aromatic heterocycles. The molecule has 1 saturated heterocycles. The van der Waals surface area contributed by atoms with Gasteiger partial charge in [0.2, 0.25) is 17.7 Å². The minimum absolute atomic E-state index is 0.108. The second-order valence-electron chi connectivity index (χ2n) is 7.30. The van der Waals surface area contributed by atoms with E-state index < -0.39 is 31.1 Å². The Hall–Kier alpha value is -1.61.